The molecule has 0 saturated carbocycles. The molecule has 2 amide bonds. The van der Waals surface area contributed by atoms with Crippen molar-refractivity contribution >= 4 is 11.8 Å². The maximum Gasteiger partial charge on any atom is 0.239 e. The number of rotatable bonds is 7. The van der Waals surface area contributed by atoms with Gasteiger partial charge in [0, 0.05) is 13.0 Å². The van der Waals surface area contributed by atoms with Crippen molar-refractivity contribution in [3.63, 3.8) is 0 Å². The van der Waals surface area contributed by atoms with E-state index in [-0.39, 0.29) is 30.8 Å². The Hall–Kier alpha value is -1.10. The van der Waals surface area contributed by atoms with Crippen molar-refractivity contribution in [1.82, 2.24) is 10.6 Å². The molecule has 0 fully saturated rings. The van der Waals surface area contributed by atoms with Gasteiger partial charge < -0.3 is 15.7 Å². The average molecular weight is 244 g/mol. The van der Waals surface area contributed by atoms with E-state index in [2.05, 4.69) is 10.6 Å². The van der Waals surface area contributed by atoms with Crippen molar-refractivity contribution in [2.45, 2.75) is 46.1 Å². The molecule has 17 heavy (non-hydrogen) atoms. The van der Waals surface area contributed by atoms with E-state index in [1.807, 2.05) is 13.8 Å². The number of aliphatic hydroxyl groups is 1. The van der Waals surface area contributed by atoms with Gasteiger partial charge in [0.05, 0.1) is 12.1 Å². The maximum absolute atomic E-state index is 11.4. The number of amides is 2. The zero-order valence-electron chi connectivity index (χ0n) is 11.2. The summed E-state index contributed by atoms with van der Waals surface area (Å²) in [4.78, 5) is 22.3. The topological polar surface area (TPSA) is 78.4 Å². The molecule has 0 heterocycles. The van der Waals surface area contributed by atoms with Crippen molar-refractivity contribution < 1.29 is 14.7 Å². The molecule has 0 aliphatic rings. The minimum absolute atomic E-state index is 0.0384. The fraction of sp³-hybridized carbons (Fsp3) is 0.833. The number of nitrogens with one attached hydrogen (secondary N) is 2. The number of hydrogen-bond acceptors (Lipinski definition) is 3. The Labute approximate surface area is 103 Å². The van der Waals surface area contributed by atoms with Gasteiger partial charge >= 0.3 is 0 Å². The Morgan fingerprint density at radius 3 is 2.29 bits per heavy atom. The summed E-state index contributed by atoms with van der Waals surface area (Å²) in [5, 5.41) is 15.1. The molecule has 0 rings (SSSR count). The van der Waals surface area contributed by atoms with Crippen LogP contribution >= 0.6 is 0 Å². The minimum atomic E-state index is -0.917. The zero-order chi connectivity index (χ0) is 13.5. The molecular weight excluding hydrogens is 220 g/mol. The predicted octanol–water partition coefficient (Wildman–Crippen LogP) is 0.426. The summed E-state index contributed by atoms with van der Waals surface area (Å²) in [7, 11) is 0. The highest BCUT2D eigenvalue weighted by Crippen LogP contribution is 2.18. The van der Waals surface area contributed by atoms with Crippen LogP contribution in [0.15, 0.2) is 0 Å². The van der Waals surface area contributed by atoms with E-state index < -0.39 is 5.60 Å². The van der Waals surface area contributed by atoms with E-state index in [1.54, 1.807) is 13.8 Å². The number of hydrogen-bond donors (Lipinski definition) is 3. The number of carbonyl (C=O) groups is 2. The van der Waals surface area contributed by atoms with E-state index in [9.17, 15) is 14.7 Å². The second-order valence-corrected chi connectivity index (χ2v) is 4.57. The lowest BCUT2D eigenvalue weighted by molar-refractivity contribution is -0.126. The van der Waals surface area contributed by atoms with Crippen molar-refractivity contribution in [2.24, 2.45) is 5.92 Å². The Morgan fingerprint density at radius 2 is 1.82 bits per heavy atom. The van der Waals surface area contributed by atoms with Crippen molar-refractivity contribution in [1.29, 1.82) is 0 Å². The second kappa shape index (κ2) is 7.27. The van der Waals surface area contributed by atoms with Crippen LogP contribution in [0.5, 0.6) is 0 Å². The fourth-order valence-corrected chi connectivity index (χ4v) is 1.26. The van der Waals surface area contributed by atoms with Gasteiger partial charge in [0.2, 0.25) is 11.8 Å². The molecule has 0 spiro atoms. The summed E-state index contributed by atoms with van der Waals surface area (Å²) in [6.45, 7) is 7.51. The van der Waals surface area contributed by atoms with Crippen LogP contribution in [0.2, 0.25) is 0 Å². The first-order valence-corrected chi connectivity index (χ1v) is 6.09. The molecule has 0 bridgehead atoms. The van der Waals surface area contributed by atoms with Crippen LogP contribution in [-0.4, -0.2) is 35.6 Å². The predicted molar refractivity (Wildman–Crippen MR) is 66.4 cm³/mol. The van der Waals surface area contributed by atoms with Gasteiger partial charge in [-0.05, 0) is 12.8 Å². The maximum atomic E-state index is 11.4. The van der Waals surface area contributed by atoms with Crippen LogP contribution < -0.4 is 10.6 Å². The van der Waals surface area contributed by atoms with Gasteiger partial charge in [0.15, 0.2) is 0 Å². The van der Waals surface area contributed by atoms with E-state index >= 15 is 0 Å². The second-order valence-electron chi connectivity index (χ2n) is 4.57. The highest BCUT2D eigenvalue weighted by molar-refractivity contribution is 5.84. The molecule has 0 aromatic carbocycles. The summed E-state index contributed by atoms with van der Waals surface area (Å²) in [5.41, 5.74) is -0.917. The van der Waals surface area contributed by atoms with Crippen LogP contribution in [-0.2, 0) is 9.59 Å². The molecule has 0 saturated heterocycles. The smallest absolute Gasteiger partial charge is 0.239 e. The molecule has 3 N–H and O–H groups in total. The Balaban J connectivity index is 3.95. The molecule has 5 heteroatoms. The van der Waals surface area contributed by atoms with Crippen LogP contribution in [0.3, 0.4) is 0 Å². The lowest BCUT2D eigenvalue weighted by Gasteiger charge is -2.29. The van der Waals surface area contributed by atoms with Crippen molar-refractivity contribution in [3.8, 4) is 0 Å². The Morgan fingerprint density at radius 1 is 1.24 bits per heavy atom. The quantitative estimate of drug-likeness (QED) is 0.607. The lowest BCUT2D eigenvalue weighted by atomic mass is 9.89. The van der Waals surface area contributed by atoms with Crippen LogP contribution in [0.4, 0.5) is 0 Å². The zero-order valence-corrected chi connectivity index (χ0v) is 11.2. The van der Waals surface area contributed by atoms with Gasteiger partial charge in [-0.3, -0.25) is 9.59 Å². The highest BCUT2D eigenvalue weighted by Gasteiger charge is 2.27. The van der Waals surface area contributed by atoms with Crippen LogP contribution in [0.25, 0.3) is 0 Å². The van der Waals surface area contributed by atoms with Gasteiger partial charge in [0.1, 0.15) is 0 Å². The van der Waals surface area contributed by atoms with E-state index in [0.717, 1.165) is 6.42 Å². The first-order valence-electron chi connectivity index (χ1n) is 6.09. The van der Waals surface area contributed by atoms with Gasteiger partial charge in [0.25, 0.3) is 0 Å². The van der Waals surface area contributed by atoms with Crippen molar-refractivity contribution in [2.75, 3.05) is 13.1 Å². The molecular formula is C12H24N2O3. The fourth-order valence-electron chi connectivity index (χ4n) is 1.26. The van der Waals surface area contributed by atoms with Gasteiger partial charge in [-0.15, -0.1) is 0 Å². The number of carbonyl (C=O) groups excluding carboxylic acids is 2. The highest BCUT2D eigenvalue weighted by atomic mass is 16.3. The molecule has 0 radical (unpaired) electrons. The SMILES string of the molecule is CCC(=O)NCC(=O)NCC(C)(O)C(C)CC. The van der Waals surface area contributed by atoms with Crippen LogP contribution in [0.1, 0.15) is 40.5 Å². The van der Waals surface area contributed by atoms with Gasteiger partial charge in [-0.25, -0.2) is 0 Å². The van der Waals surface area contributed by atoms with E-state index in [4.69, 9.17) is 0 Å². The minimum Gasteiger partial charge on any atom is -0.388 e. The summed E-state index contributed by atoms with van der Waals surface area (Å²) >= 11 is 0. The average Bonchev–Trinajstić information content (AvgIpc) is 2.32. The summed E-state index contributed by atoms with van der Waals surface area (Å²) in [5.74, 6) is -0.336. The van der Waals surface area contributed by atoms with Gasteiger partial charge in [-0.1, -0.05) is 27.2 Å². The normalized spacial score (nSPS) is 15.8. The van der Waals surface area contributed by atoms with E-state index in [1.165, 1.54) is 0 Å². The third kappa shape index (κ3) is 6.26. The molecule has 0 aliphatic carbocycles. The monoisotopic (exact) mass is 244 g/mol. The third-order valence-corrected chi connectivity index (χ3v) is 3.08. The molecule has 2 atom stereocenters. The largest absolute Gasteiger partial charge is 0.388 e. The first kappa shape index (κ1) is 15.9. The molecule has 5 nitrogen and oxygen atoms in total. The summed E-state index contributed by atoms with van der Waals surface area (Å²) in [6, 6.07) is 0. The molecule has 0 aromatic heterocycles. The Bertz CT molecular complexity index is 264. The molecule has 100 valence electrons. The lowest BCUT2D eigenvalue weighted by Crippen LogP contribution is -2.47. The molecule has 0 aromatic rings. The van der Waals surface area contributed by atoms with Gasteiger partial charge in [-0.2, -0.15) is 0 Å². The standard InChI is InChI=1S/C12H24N2O3/c1-5-9(3)12(4,17)8-14-11(16)7-13-10(15)6-2/h9,17H,5-8H2,1-4H3,(H,13,15)(H,14,16). The van der Waals surface area contributed by atoms with Crippen molar-refractivity contribution in [3.05, 3.63) is 0 Å². The third-order valence-electron chi connectivity index (χ3n) is 3.08. The molecule has 0 aliphatic heterocycles. The summed E-state index contributed by atoms with van der Waals surface area (Å²) < 4.78 is 0. The first-order chi connectivity index (χ1) is 7.83. The molecule has 2 unspecified atom stereocenters. The summed E-state index contributed by atoms with van der Waals surface area (Å²) in [6.07, 6.45) is 1.20. The van der Waals surface area contributed by atoms with Crippen LogP contribution in [0, 0.1) is 5.92 Å². The van der Waals surface area contributed by atoms with E-state index in [0.29, 0.717) is 6.42 Å². The Kier molecular flexibility index (Phi) is 6.80.